The molecule has 0 saturated carbocycles. The molecule has 1 aliphatic heterocycles. The van der Waals surface area contributed by atoms with E-state index in [0.29, 0.717) is 12.6 Å². The van der Waals surface area contributed by atoms with Crippen molar-refractivity contribution in [3.63, 3.8) is 0 Å². The van der Waals surface area contributed by atoms with Crippen LogP contribution in [-0.4, -0.2) is 19.2 Å². The van der Waals surface area contributed by atoms with E-state index in [2.05, 4.69) is 5.32 Å². The van der Waals surface area contributed by atoms with E-state index in [4.69, 9.17) is 4.74 Å². The van der Waals surface area contributed by atoms with Crippen LogP contribution in [-0.2, 0) is 0 Å². The number of hydrogen-bond donors (Lipinski definition) is 1. The molecular weight excluding hydrogens is 224 g/mol. The van der Waals surface area contributed by atoms with Gasteiger partial charge in [0.05, 0.1) is 6.61 Å². The molecule has 0 spiro atoms. The molecule has 94 valence electrons. The second-order valence-electron chi connectivity index (χ2n) is 4.39. The molecule has 1 aromatic carbocycles. The van der Waals surface area contributed by atoms with Crippen LogP contribution in [0.1, 0.15) is 25.7 Å². The smallest absolute Gasteiger partial charge is 0.129 e. The van der Waals surface area contributed by atoms with E-state index in [1.807, 2.05) is 0 Å². The molecule has 0 bridgehead atoms. The van der Waals surface area contributed by atoms with Gasteiger partial charge in [0.2, 0.25) is 0 Å². The highest BCUT2D eigenvalue weighted by Crippen LogP contribution is 2.16. The summed E-state index contributed by atoms with van der Waals surface area (Å²) in [5.74, 6) is -0.934. The molecule has 2 nitrogen and oxygen atoms in total. The normalized spacial score (nSPS) is 19.5. The molecule has 1 atom stereocenters. The van der Waals surface area contributed by atoms with Crippen molar-refractivity contribution in [1.29, 1.82) is 0 Å². The van der Waals surface area contributed by atoms with E-state index in [9.17, 15) is 8.78 Å². The number of hydrogen-bond acceptors (Lipinski definition) is 2. The van der Waals surface area contributed by atoms with Gasteiger partial charge in [-0.1, -0.05) is 0 Å². The zero-order chi connectivity index (χ0) is 12.1. The number of benzene rings is 1. The van der Waals surface area contributed by atoms with Crippen LogP contribution < -0.4 is 10.1 Å². The van der Waals surface area contributed by atoms with Gasteiger partial charge in [-0.05, 0) is 32.2 Å². The van der Waals surface area contributed by atoms with Gasteiger partial charge in [0.15, 0.2) is 0 Å². The average molecular weight is 241 g/mol. The summed E-state index contributed by atoms with van der Waals surface area (Å²) < 4.78 is 31.0. The van der Waals surface area contributed by atoms with E-state index in [1.54, 1.807) is 0 Å². The molecule has 1 saturated heterocycles. The van der Waals surface area contributed by atoms with Crippen molar-refractivity contribution in [3.8, 4) is 5.75 Å². The SMILES string of the molecule is Fc1cc(F)cc(OCCCC2CCCN2)c1. The monoisotopic (exact) mass is 241 g/mol. The minimum atomic E-state index is -0.600. The zero-order valence-corrected chi connectivity index (χ0v) is 9.72. The predicted octanol–water partition coefficient (Wildman–Crippen LogP) is 2.88. The van der Waals surface area contributed by atoms with Crippen molar-refractivity contribution < 1.29 is 13.5 Å². The molecule has 17 heavy (non-hydrogen) atoms. The highest BCUT2D eigenvalue weighted by Gasteiger charge is 2.13. The van der Waals surface area contributed by atoms with Crippen molar-refractivity contribution >= 4 is 0 Å². The molecule has 0 amide bonds. The zero-order valence-electron chi connectivity index (χ0n) is 9.72. The maximum absolute atomic E-state index is 12.9. The van der Waals surface area contributed by atoms with Gasteiger partial charge in [0.25, 0.3) is 0 Å². The lowest BCUT2D eigenvalue weighted by Gasteiger charge is -2.10. The Kier molecular flexibility index (Phi) is 4.31. The quantitative estimate of drug-likeness (QED) is 0.800. The maximum atomic E-state index is 12.9. The van der Waals surface area contributed by atoms with Crippen LogP contribution in [0.15, 0.2) is 18.2 Å². The Hall–Kier alpha value is -1.16. The summed E-state index contributed by atoms with van der Waals surface area (Å²) in [6.45, 7) is 1.60. The summed E-state index contributed by atoms with van der Waals surface area (Å²) in [5, 5.41) is 3.40. The van der Waals surface area contributed by atoms with Crippen LogP contribution >= 0.6 is 0 Å². The third-order valence-corrected chi connectivity index (χ3v) is 2.96. The van der Waals surface area contributed by atoms with E-state index in [-0.39, 0.29) is 5.75 Å². The first-order valence-corrected chi connectivity index (χ1v) is 6.06. The Morgan fingerprint density at radius 2 is 2.00 bits per heavy atom. The fourth-order valence-electron chi connectivity index (χ4n) is 2.13. The van der Waals surface area contributed by atoms with Crippen LogP contribution in [0, 0.1) is 11.6 Å². The summed E-state index contributed by atoms with van der Waals surface area (Å²) in [6.07, 6.45) is 4.41. The standard InChI is InChI=1S/C13H17F2NO/c14-10-7-11(15)9-13(8-10)17-6-2-4-12-3-1-5-16-12/h7-9,12,16H,1-6H2. The van der Waals surface area contributed by atoms with Crippen molar-refractivity contribution in [3.05, 3.63) is 29.8 Å². The highest BCUT2D eigenvalue weighted by molar-refractivity contribution is 5.23. The van der Waals surface area contributed by atoms with Crippen LogP contribution in [0.3, 0.4) is 0 Å². The first-order chi connectivity index (χ1) is 8.24. The van der Waals surface area contributed by atoms with Crippen LogP contribution in [0.2, 0.25) is 0 Å². The minimum Gasteiger partial charge on any atom is -0.493 e. The fourth-order valence-corrected chi connectivity index (χ4v) is 2.13. The Bertz CT molecular complexity index is 344. The lowest BCUT2D eigenvalue weighted by molar-refractivity contribution is 0.296. The fraction of sp³-hybridized carbons (Fsp3) is 0.538. The molecule has 0 radical (unpaired) electrons. The Morgan fingerprint density at radius 1 is 1.24 bits per heavy atom. The molecule has 0 aromatic heterocycles. The second-order valence-corrected chi connectivity index (χ2v) is 4.39. The Labute approximate surface area is 100.0 Å². The summed E-state index contributed by atoms with van der Waals surface area (Å²) >= 11 is 0. The third-order valence-electron chi connectivity index (χ3n) is 2.96. The molecule has 0 aliphatic carbocycles. The van der Waals surface area contributed by atoms with Crippen molar-refractivity contribution in [2.24, 2.45) is 0 Å². The first kappa shape index (κ1) is 12.3. The van der Waals surface area contributed by atoms with Crippen LogP contribution in [0.25, 0.3) is 0 Å². The van der Waals surface area contributed by atoms with E-state index in [1.165, 1.54) is 25.0 Å². The highest BCUT2D eigenvalue weighted by atomic mass is 19.1. The van der Waals surface area contributed by atoms with E-state index < -0.39 is 11.6 Å². The molecule has 1 heterocycles. The number of rotatable bonds is 5. The molecular formula is C13H17F2NO. The summed E-state index contributed by atoms with van der Waals surface area (Å²) in [6, 6.07) is 3.84. The largest absolute Gasteiger partial charge is 0.493 e. The molecule has 2 rings (SSSR count). The van der Waals surface area contributed by atoms with Crippen LogP contribution in [0.4, 0.5) is 8.78 Å². The molecule has 4 heteroatoms. The van der Waals surface area contributed by atoms with Crippen LogP contribution in [0.5, 0.6) is 5.75 Å². The van der Waals surface area contributed by atoms with Gasteiger partial charge in [-0.15, -0.1) is 0 Å². The van der Waals surface area contributed by atoms with Crippen molar-refractivity contribution in [1.82, 2.24) is 5.32 Å². The van der Waals surface area contributed by atoms with Gasteiger partial charge in [0.1, 0.15) is 17.4 Å². The first-order valence-electron chi connectivity index (χ1n) is 6.06. The topological polar surface area (TPSA) is 21.3 Å². The lowest BCUT2D eigenvalue weighted by Crippen LogP contribution is -2.21. The second kappa shape index (κ2) is 5.96. The molecule has 1 unspecified atom stereocenters. The van der Waals surface area contributed by atoms with Gasteiger partial charge in [-0.3, -0.25) is 0 Å². The van der Waals surface area contributed by atoms with Gasteiger partial charge >= 0.3 is 0 Å². The van der Waals surface area contributed by atoms with Crippen molar-refractivity contribution in [2.75, 3.05) is 13.2 Å². The minimum absolute atomic E-state index is 0.266. The summed E-state index contributed by atoms with van der Waals surface area (Å²) in [7, 11) is 0. The maximum Gasteiger partial charge on any atom is 0.129 e. The molecule has 1 aliphatic rings. The average Bonchev–Trinajstić information content (AvgIpc) is 2.76. The molecule has 1 fully saturated rings. The van der Waals surface area contributed by atoms with E-state index in [0.717, 1.165) is 25.5 Å². The van der Waals surface area contributed by atoms with Gasteiger partial charge in [0, 0.05) is 24.2 Å². The lowest BCUT2D eigenvalue weighted by atomic mass is 10.1. The van der Waals surface area contributed by atoms with Gasteiger partial charge < -0.3 is 10.1 Å². The van der Waals surface area contributed by atoms with Crippen molar-refractivity contribution in [2.45, 2.75) is 31.7 Å². The molecule has 1 N–H and O–H groups in total. The number of halogens is 2. The Morgan fingerprint density at radius 3 is 2.65 bits per heavy atom. The predicted molar refractivity (Wildman–Crippen MR) is 62.1 cm³/mol. The number of ether oxygens (including phenoxy) is 1. The summed E-state index contributed by atoms with van der Waals surface area (Å²) in [5.41, 5.74) is 0. The van der Waals surface area contributed by atoms with Gasteiger partial charge in [-0.2, -0.15) is 0 Å². The van der Waals surface area contributed by atoms with Gasteiger partial charge in [-0.25, -0.2) is 8.78 Å². The number of nitrogens with one attached hydrogen (secondary N) is 1. The third kappa shape index (κ3) is 3.97. The Balaban J connectivity index is 1.70. The molecule has 1 aromatic rings. The van der Waals surface area contributed by atoms with E-state index >= 15 is 0 Å². The summed E-state index contributed by atoms with van der Waals surface area (Å²) in [4.78, 5) is 0.